The van der Waals surface area contributed by atoms with E-state index in [0.29, 0.717) is 17.6 Å². The van der Waals surface area contributed by atoms with Gasteiger partial charge in [-0.05, 0) is 32.1 Å². The van der Waals surface area contributed by atoms with Crippen molar-refractivity contribution >= 4 is 22.9 Å². The summed E-state index contributed by atoms with van der Waals surface area (Å²) < 4.78 is 26.0. The molecule has 15 nitrogen and oxygen atoms in total. The molecule has 0 radical (unpaired) electrons. The van der Waals surface area contributed by atoms with Crippen LogP contribution >= 0.6 is 0 Å². The first-order valence-electron chi connectivity index (χ1n) is 15.7. The summed E-state index contributed by atoms with van der Waals surface area (Å²) in [7, 11) is 2.92. The number of imidazole rings is 1. The summed E-state index contributed by atoms with van der Waals surface area (Å²) in [5.74, 6) is -2.68. The van der Waals surface area contributed by atoms with E-state index in [-0.39, 0.29) is 37.3 Å². The first-order valence-corrected chi connectivity index (χ1v) is 15.7. The van der Waals surface area contributed by atoms with Crippen LogP contribution < -0.4 is 11.2 Å². The van der Waals surface area contributed by atoms with E-state index in [2.05, 4.69) is 11.6 Å². The van der Waals surface area contributed by atoms with Crippen LogP contribution in [-0.2, 0) is 48.9 Å². The first-order chi connectivity index (χ1) is 21.8. The fraction of sp³-hybridized carbons (Fsp3) is 0.719. The van der Waals surface area contributed by atoms with Gasteiger partial charge in [-0.15, -0.1) is 6.58 Å². The van der Waals surface area contributed by atoms with Crippen molar-refractivity contribution in [1.82, 2.24) is 18.7 Å². The molecule has 2 aromatic rings. The molecule has 1 saturated heterocycles. The molecule has 4 unspecified atom stereocenters. The van der Waals surface area contributed by atoms with E-state index >= 15 is 0 Å². The Hall–Kier alpha value is -3.21. The quantitative estimate of drug-likeness (QED) is 0.186. The predicted octanol–water partition coefficient (Wildman–Crippen LogP) is 0.0308. The minimum atomic E-state index is -2.42. The number of carbonyl (C=O) groups excluding carboxylic acids is 2. The van der Waals surface area contributed by atoms with Gasteiger partial charge in [0.05, 0.1) is 37.4 Å². The second-order valence-corrected chi connectivity index (χ2v) is 14.4. The molecule has 1 aliphatic heterocycles. The van der Waals surface area contributed by atoms with Gasteiger partial charge in [0.25, 0.3) is 5.56 Å². The Morgan fingerprint density at radius 3 is 2.49 bits per heavy atom. The molecule has 260 valence electrons. The number of esters is 1. The van der Waals surface area contributed by atoms with Gasteiger partial charge >= 0.3 is 11.7 Å². The van der Waals surface area contributed by atoms with Crippen LogP contribution in [0.25, 0.3) is 11.2 Å². The number of hydrogen-bond donors (Lipinski definition) is 3. The maximum atomic E-state index is 14.1. The number of aromatic nitrogens is 4. The summed E-state index contributed by atoms with van der Waals surface area (Å²) >= 11 is 0. The van der Waals surface area contributed by atoms with Crippen molar-refractivity contribution < 1.29 is 43.9 Å². The third kappa shape index (κ3) is 4.96. The molecule has 2 aromatic heterocycles. The Labute approximate surface area is 271 Å². The number of ether oxygens (including phenoxy) is 4. The van der Waals surface area contributed by atoms with Gasteiger partial charge in [-0.2, -0.15) is 0 Å². The van der Waals surface area contributed by atoms with E-state index in [1.54, 1.807) is 13.8 Å². The molecular formula is C32H46N4O11. The van der Waals surface area contributed by atoms with Crippen LogP contribution in [0.2, 0.25) is 0 Å². The van der Waals surface area contributed by atoms with Crippen LogP contribution in [0.5, 0.6) is 0 Å². The average molecular weight is 663 g/mol. The van der Waals surface area contributed by atoms with Gasteiger partial charge in [0.1, 0.15) is 18.9 Å². The SMILES string of the molecule is C=C[C@@]1(C)CC(=O)[C@]2(O)C3(C)C(C(O)C(OC(=O)Cn4c(=O)c5c(ncn5COCCOC)n(C)c4=O)[C@@]2(C)O1)C(C)(C)CC[C@@H]3O. The molecule has 15 heteroatoms. The van der Waals surface area contributed by atoms with Gasteiger partial charge in [0.2, 0.25) is 0 Å². The van der Waals surface area contributed by atoms with Crippen molar-refractivity contribution in [3.63, 3.8) is 0 Å². The number of hydrogen-bond acceptors (Lipinski definition) is 12. The maximum Gasteiger partial charge on any atom is 0.333 e. The standard InChI is InChI=1S/C32H46N4O11/c1-9-29(4)14-19(38)32(43)30(5)18(37)10-11-28(2,3)23(30)22(40)24(31(32,6)47-29)46-20(39)15-36-26(41)21-25(34(7)27(36)42)33-16-35(21)17-45-13-12-44-8/h9,16,18,22-24,37,40,43H,1,10-15,17H2,2-8H3/t18-,22?,23?,24?,29-,30?,31+,32-/m0/s1. The number of rotatable bonds is 9. The summed E-state index contributed by atoms with van der Waals surface area (Å²) in [6, 6.07) is 0. The van der Waals surface area contributed by atoms with Crippen LogP contribution in [-0.4, -0.2) is 101 Å². The fourth-order valence-corrected chi connectivity index (χ4v) is 8.65. The minimum absolute atomic E-state index is 0.00743. The molecule has 3 heterocycles. The fourth-order valence-electron chi connectivity index (χ4n) is 8.65. The lowest BCUT2D eigenvalue weighted by molar-refractivity contribution is -0.370. The molecule has 3 N–H and O–H groups in total. The van der Waals surface area contributed by atoms with Gasteiger partial charge in [0.15, 0.2) is 28.7 Å². The van der Waals surface area contributed by atoms with Crippen molar-refractivity contribution in [2.75, 3.05) is 20.3 Å². The smallest absolute Gasteiger partial charge is 0.333 e. The molecule has 0 bridgehead atoms. The molecule has 2 saturated carbocycles. The number of aliphatic hydroxyl groups is 3. The van der Waals surface area contributed by atoms with E-state index < -0.39 is 81.4 Å². The third-order valence-electron chi connectivity index (χ3n) is 11.0. The Morgan fingerprint density at radius 1 is 1.17 bits per heavy atom. The highest BCUT2D eigenvalue weighted by Crippen LogP contribution is 2.67. The monoisotopic (exact) mass is 662 g/mol. The topological polar surface area (TPSA) is 194 Å². The zero-order valence-electron chi connectivity index (χ0n) is 28.0. The largest absolute Gasteiger partial charge is 0.455 e. The average Bonchev–Trinajstić information content (AvgIpc) is 3.43. The van der Waals surface area contributed by atoms with E-state index in [0.717, 1.165) is 4.57 Å². The number of fused-ring (bicyclic) bond motifs is 4. The second kappa shape index (κ2) is 11.7. The van der Waals surface area contributed by atoms with Crippen molar-refractivity contribution in [3.8, 4) is 0 Å². The number of carbonyl (C=O) groups is 2. The Kier molecular flexibility index (Phi) is 8.77. The molecule has 0 aromatic carbocycles. The second-order valence-electron chi connectivity index (χ2n) is 14.4. The zero-order valence-corrected chi connectivity index (χ0v) is 28.0. The molecule has 5 rings (SSSR count). The Balaban J connectivity index is 1.57. The van der Waals surface area contributed by atoms with Crippen molar-refractivity contribution in [3.05, 3.63) is 39.8 Å². The van der Waals surface area contributed by atoms with Gasteiger partial charge in [0, 0.05) is 31.9 Å². The van der Waals surface area contributed by atoms with Crippen LogP contribution in [0.4, 0.5) is 0 Å². The van der Waals surface area contributed by atoms with E-state index in [4.69, 9.17) is 18.9 Å². The molecule has 0 amide bonds. The summed E-state index contributed by atoms with van der Waals surface area (Å²) in [5.41, 5.74) is -9.74. The van der Waals surface area contributed by atoms with Gasteiger partial charge in [-0.3, -0.25) is 19.0 Å². The van der Waals surface area contributed by atoms with Crippen molar-refractivity contribution in [2.24, 2.45) is 23.8 Å². The van der Waals surface area contributed by atoms with Crippen LogP contribution in [0.1, 0.15) is 53.9 Å². The normalized spacial score (nSPS) is 36.5. The number of aryl methyl sites for hydroxylation is 1. The van der Waals surface area contributed by atoms with E-state index in [1.165, 1.54) is 38.1 Å². The van der Waals surface area contributed by atoms with E-state index in [1.807, 2.05) is 13.8 Å². The summed E-state index contributed by atoms with van der Waals surface area (Å²) in [6.07, 6.45) is -1.22. The summed E-state index contributed by atoms with van der Waals surface area (Å²) in [5, 5.41) is 36.2. The highest BCUT2D eigenvalue weighted by molar-refractivity contribution is 5.92. The molecule has 3 fully saturated rings. The lowest BCUT2D eigenvalue weighted by atomic mass is 9.40. The van der Waals surface area contributed by atoms with E-state index in [9.17, 15) is 34.5 Å². The molecule has 47 heavy (non-hydrogen) atoms. The first kappa shape index (κ1) is 35.1. The zero-order chi connectivity index (χ0) is 34.9. The summed E-state index contributed by atoms with van der Waals surface area (Å²) in [4.78, 5) is 59.0. The molecule has 0 spiro atoms. The van der Waals surface area contributed by atoms with Crippen LogP contribution in [0.15, 0.2) is 28.6 Å². The third-order valence-corrected chi connectivity index (χ3v) is 11.0. The van der Waals surface area contributed by atoms with Crippen LogP contribution in [0, 0.1) is 16.7 Å². The highest BCUT2D eigenvalue weighted by atomic mass is 16.6. The predicted molar refractivity (Wildman–Crippen MR) is 166 cm³/mol. The highest BCUT2D eigenvalue weighted by Gasteiger charge is 2.81. The lowest BCUT2D eigenvalue weighted by Crippen LogP contribution is -2.86. The number of nitrogens with zero attached hydrogens (tertiary/aromatic N) is 4. The lowest BCUT2D eigenvalue weighted by Gasteiger charge is -2.71. The van der Waals surface area contributed by atoms with Crippen molar-refractivity contribution in [2.45, 2.75) is 102 Å². The van der Waals surface area contributed by atoms with Gasteiger partial charge in [-0.1, -0.05) is 26.8 Å². The van der Waals surface area contributed by atoms with Gasteiger partial charge in [-0.25, -0.2) is 14.3 Å². The maximum absolute atomic E-state index is 14.1. The molecule has 8 atom stereocenters. The number of aliphatic hydroxyl groups excluding tert-OH is 2. The van der Waals surface area contributed by atoms with Crippen LogP contribution in [0.3, 0.4) is 0 Å². The molecular weight excluding hydrogens is 616 g/mol. The number of methoxy groups -OCH3 is 1. The molecule has 2 aliphatic carbocycles. The van der Waals surface area contributed by atoms with Crippen molar-refractivity contribution in [1.29, 1.82) is 0 Å². The molecule has 3 aliphatic rings. The Bertz CT molecular complexity index is 1710. The minimum Gasteiger partial charge on any atom is -0.455 e. The number of ketones is 1. The Morgan fingerprint density at radius 2 is 1.85 bits per heavy atom. The summed E-state index contributed by atoms with van der Waals surface area (Å²) in [6.45, 7) is 11.7. The van der Waals surface area contributed by atoms with Gasteiger partial charge < -0.3 is 38.8 Å². The number of Topliss-reactive ketones (excluding diaryl/α,β-unsaturated/α-hetero) is 1.